The highest BCUT2D eigenvalue weighted by Gasteiger charge is 2.15. The molecule has 0 bridgehead atoms. The molecule has 0 saturated heterocycles. The highest BCUT2D eigenvalue weighted by Crippen LogP contribution is 2.21. The summed E-state index contributed by atoms with van der Waals surface area (Å²) in [6, 6.07) is 2.28. The van der Waals surface area contributed by atoms with Crippen molar-refractivity contribution in [3.8, 4) is 6.07 Å². The van der Waals surface area contributed by atoms with E-state index in [0.717, 1.165) is 24.8 Å². The summed E-state index contributed by atoms with van der Waals surface area (Å²) in [6.07, 6.45) is 6.11. The zero-order valence-corrected chi connectivity index (χ0v) is 10.7. The van der Waals surface area contributed by atoms with Crippen LogP contribution in [0, 0.1) is 23.7 Å². The van der Waals surface area contributed by atoms with E-state index >= 15 is 0 Å². The van der Waals surface area contributed by atoms with Crippen LogP contribution in [0.3, 0.4) is 0 Å². The van der Waals surface area contributed by atoms with Gasteiger partial charge in [-0.2, -0.15) is 5.26 Å². The van der Waals surface area contributed by atoms with Crippen LogP contribution in [-0.4, -0.2) is 9.55 Å². The molecule has 0 amide bonds. The van der Waals surface area contributed by atoms with Gasteiger partial charge in [0.1, 0.15) is 0 Å². The largest absolute Gasteiger partial charge is 0.347 e. The molecule has 17 heavy (non-hydrogen) atoms. The fourth-order valence-electron chi connectivity index (χ4n) is 1.63. The van der Waals surface area contributed by atoms with Gasteiger partial charge in [-0.25, -0.2) is 9.78 Å². The fourth-order valence-corrected chi connectivity index (χ4v) is 1.63. The van der Waals surface area contributed by atoms with Gasteiger partial charge in [-0.1, -0.05) is 6.42 Å². The van der Waals surface area contributed by atoms with Crippen molar-refractivity contribution in [2.45, 2.75) is 46.6 Å². The van der Waals surface area contributed by atoms with Gasteiger partial charge in [0.25, 0.3) is 0 Å². The number of hydrogen-bond acceptors (Lipinski definition) is 3. The third kappa shape index (κ3) is 4.39. The summed E-state index contributed by atoms with van der Waals surface area (Å²) in [5, 5.41) is 8.88. The number of aryl methyl sites for hydroxylation is 2. The van der Waals surface area contributed by atoms with E-state index in [1.807, 2.05) is 27.0 Å². The molecule has 0 aliphatic carbocycles. The number of rotatable bonds is 5. The Kier molecular flexibility index (Phi) is 4.45. The molecule has 4 heteroatoms. The SMILES string of the molecule is Cc1cnc(=O)n(CCCCC(C)(C)C#N)c1. The Bertz CT molecular complexity index is 468. The molecule has 1 heterocycles. The van der Waals surface area contributed by atoms with Crippen molar-refractivity contribution < 1.29 is 0 Å². The molecule has 0 spiro atoms. The first-order valence-corrected chi connectivity index (χ1v) is 5.89. The third-order valence-electron chi connectivity index (χ3n) is 2.74. The lowest BCUT2D eigenvalue weighted by molar-refractivity contribution is 0.414. The summed E-state index contributed by atoms with van der Waals surface area (Å²) in [5.41, 5.74) is 0.521. The fraction of sp³-hybridized carbons (Fsp3) is 0.615. The summed E-state index contributed by atoms with van der Waals surface area (Å²) >= 11 is 0. The second kappa shape index (κ2) is 5.62. The van der Waals surface area contributed by atoms with Gasteiger partial charge in [0, 0.05) is 18.9 Å². The Labute approximate surface area is 102 Å². The molecule has 0 aromatic carbocycles. The monoisotopic (exact) mass is 233 g/mol. The van der Waals surface area contributed by atoms with E-state index in [1.165, 1.54) is 0 Å². The summed E-state index contributed by atoms with van der Waals surface area (Å²) in [6.45, 7) is 6.47. The maximum atomic E-state index is 11.4. The standard InChI is InChI=1S/C13H19N3O/c1-11-8-15-12(17)16(9-11)7-5-4-6-13(2,3)10-14/h8-9H,4-7H2,1-3H3. The summed E-state index contributed by atoms with van der Waals surface area (Å²) in [4.78, 5) is 15.2. The van der Waals surface area contributed by atoms with Crippen LogP contribution < -0.4 is 5.69 Å². The molecule has 0 unspecified atom stereocenters. The first kappa shape index (κ1) is 13.4. The van der Waals surface area contributed by atoms with E-state index in [2.05, 4.69) is 11.1 Å². The highest BCUT2D eigenvalue weighted by molar-refractivity contribution is 4.99. The second-order valence-electron chi connectivity index (χ2n) is 5.06. The van der Waals surface area contributed by atoms with Gasteiger partial charge in [-0.3, -0.25) is 4.57 Å². The lowest BCUT2D eigenvalue weighted by Gasteiger charge is -2.14. The Morgan fingerprint density at radius 1 is 1.47 bits per heavy atom. The van der Waals surface area contributed by atoms with Gasteiger partial charge in [0.2, 0.25) is 0 Å². The third-order valence-corrected chi connectivity index (χ3v) is 2.74. The molecular formula is C13H19N3O. The molecule has 0 atom stereocenters. The zero-order chi connectivity index (χ0) is 12.9. The maximum Gasteiger partial charge on any atom is 0.347 e. The van der Waals surface area contributed by atoms with Gasteiger partial charge in [0.05, 0.1) is 11.5 Å². The summed E-state index contributed by atoms with van der Waals surface area (Å²) < 4.78 is 1.63. The Hall–Kier alpha value is -1.63. The highest BCUT2D eigenvalue weighted by atomic mass is 16.1. The van der Waals surface area contributed by atoms with E-state index in [-0.39, 0.29) is 11.1 Å². The van der Waals surface area contributed by atoms with Crippen LogP contribution in [0.15, 0.2) is 17.2 Å². The Morgan fingerprint density at radius 3 is 2.82 bits per heavy atom. The predicted octanol–water partition coefficient (Wildman–Crippen LogP) is 2.27. The van der Waals surface area contributed by atoms with Crippen molar-refractivity contribution >= 4 is 0 Å². The molecule has 4 nitrogen and oxygen atoms in total. The molecule has 0 saturated carbocycles. The first-order valence-electron chi connectivity index (χ1n) is 5.89. The number of aromatic nitrogens is 2. The van der Waals surface area contributed by atoms with Gasteiger partial charge in [-0.15, -0.1) is 0 Å². The summed E-state index contributed by atoms with van der Waals surface area (Å²) in [5.74, 6) is 0. The molecular weight excluding hydrogens is 214 g/mol. The number of unbranched alkanes of at least 4 members (excludes halogenated alkanes) is 1. The molecule has 1 rings (SSSR count). The minimum atomic E-state index is -0.268. The minimum Gasteiger partial charge on any atom is -0.299 e. The van der Waals surface area contributed by atoms with Crippen LogP contribution in [0.1, 0.15) is 38.7 Å². The average Bonchev–Trinajstić information content (AvgIpc) is 2.29. The molecule has 92 valence electrons. The van der Waals surface area contributed by atoms with Crippen molar-refractivity contribution in [3.05, 3.63) is 28.4 Å². The number of nitriles is 1. The van der Waals surface area contributed by atoms with Crippen LogP contribution in [0.4, 0.5) is 0 Å². The van der Waals surface area contributed by atoms with E-state index < -0.39 is 0 Å². The van der Waals surface area contributed by atoms with Crippen molar-refractivity contribution in [1.29, 1.82) is 5.26 Å². The predicted molar refractivity (Wildman–Crippen MR) is 66.5 cm³/mol. The topological polar surface area (TPSA) is 58.7 Å². The number of nitrogens with zero attached hydrogens (tertiary/aromatic N) is 3. The van der Waals surface area contributed by atoms with Crippen LogP contribution in [0.5, 0.6) is 0 Å². The molecule has 0 fully saturated rings. The smallest absolute Gasteiger partial charge is 0.299 e. The van der Waals surface area contributed by atoms with Crippen molar-refractivity contribution in [2.24, 2.45) is 5.41 Å². The molecule has 0 aliphatic heterocycles. The van der Waals surface area contributed by atoms with Gasteiger partial charge in [-0.05, 0) is 39.2 Å². The molecule has 1 aromatic heterocycles. The second-order valence-corrected chi connectivity index (χ2v) is 5.06. The lowest BCUT2D eigenvalue weighted by Crippen LogP contribution is -2.22. The number of hydrogen-bond donors (Lipinski definition) is 0. The van der Waals surface area contributed by atoms with Crippen LogP contribution in [-0.2, 0) is 6.54 Å². The van der Waals surface area contributed by atoms with Crippen LogP contribution in [0.2, 0.25) is 0 Å². The normalized spacial score (nSPS) is 11.2. The van der Waals surface area contributed by atoms with E-state index in [4.69, 9.17) is 5.26 Å². The van der Waals surface area contributed by atoms with Crippen molar-refractivity contribution in [1.82, 2.24) is 9.55 Å². The van der Waals surface area contributed by atoms with Crippen LogP contribution in [0.25, 0.3) is 0 Å². The van der Waals surface area contributed by atoms with E-state index in [0.29, 0.717) is 6.54 Å². The zero-order valence-electron chi connectivity index (χ0n) is 10.7. The molecule has 0 radical (unpaired) electrons. The molecule has 1 aromatic rings. The van der Waals surface area contributed by atoms with Gasteiger partial charge in [0.15, 0.2) is 0 Å². The van der Waals surface area contributed by atoms with Crippen LogP contribution >= 0.6 is 0 Å². The van der Waals surface area contributed by atoms with E-state index in [9.17, 15) is 4.79 Å². The molecule has 0 N–H and O–H groups in total. The van der Waals surface area contributed by atoms with Crippen molar-refractivity contribution in [3.63, 3.8) is 0 Å². The Morgan fingerprint density at radius 2 is 2.18 bits per heavy atom. The summed E-state index contributed by atoms with van der Waals surface area (Å²) in [7, 11) is 0. The lowest BCUT2D eigenvalue weighted by atomic mass is 9.89. The van der Waals surface area contributed by atoms with E-state index in [1.54, 1.807) is 10.8 Å². The minimum absolute atomic E-state index is 0.199. The van der Waals surface area contributed by atoms with Gasteiger partial charge < -0.3 is 0 Å². The Balaban J connectivity index is 2.45. The van der Waals surface area contributed by atoms with Crippen molar-refractivity contribution in [2.75, 3.05) is 0 Å². The maximum absolute atomic E-state index is 11.4. The first-order chi connectivity index (χ1) is 7.94. The average molecular weight is 233 g/mol. The molecule has 0 aliphatic rings. The van der Waals surface area contributed by atoms with Gasteiger partial charge >= 0.3 is 5.69 Å². The quantitative estimate of drug-likeness (QED) is 0.733.